The molecule has 6 nitrogen and oxygen atoms in total. The molecule has 4 rings (SSSR count). The highest BCUT2D eigenvalue weighted by Gasteiger charge is 2.35. The van der Waals surface area contributed by atoms with E-state index >= 15 is 0 Å². The van der Waals surface area contributed by atoms with Crippen LogP contribution in [0.4, 0.5) is 5.82 Å². The fourth-order valence-electron chi connectivity index (χ4n) is 4.00. The van der Waals surface area contributed by atoms with E-state index in [0.29, 0.717) is 22.8 Å². The van der Waals surface area contributed by atoms with E-state index in [-0.39, 0.29) is 10.6 Å². The third-order valence-corrected chi connectivity index (χ3v) is 7.39. The van der Waals surface area contributed by atoms with Gasteiger partial charge in [-0.05, 0) is 55.5 Å². The number of sulfone groups is 1. The summed E-state index contributed by atoms with van der Waals surface area (Å²) in [4.78, 5) is 11.6. The first-order valence-electron chi connectivity index (χ1n) is 10.1. The molecule has 0 N–H and O–H groups in total. The summed E-state index contributed by atoms with van der Waals surface area (Å²) in [5.41, 5.74) is 2.31. The maximum absolute atomic E-state index is 13.4. The lowest BCUT2D eigenvalue weighted by Gasteiger charge is -2.33. The van der Waals surface area contributed by atoms with Crippen molar-refractivity contribution in [2.45, 2.75) is 36.8 Å². The fraction of sp³-hybridized carbons (Fsp3) is 0.348. The van der Waals surface area contributed by atoms with Crippen molar-refractivity contribution in [1.82, 2.24) is 9.97 Å². The second-order valence-electron chi connectivity index (χ2n) is 7.99. The van der Waals surface area contributed by atoms with E-state index in [1.165, 1.54) is 6.07 Å². The Kier molecular flexibility index (Phi) is 5.44. The maximum atomic E-state index is 13.4. The van der Waals surface area contributed by atoms with Crippen molar-refractivity contribution in [3.8, 4) is 6.07 Å². The molecule has 1 aromatic heterocycles. The Morgan fingerprint density at radius 3 is 2.53 bits per heavy atom. The van der Waals surface area contributed by atoms with Crippen LogP contribution < -0.4 is 4.90 Å². The number of hydrogen-bond acceptors (Lipinski definition) is 6. The minimum atomic E-state index is -3.96. The zero-order valence-corrected chi connectivity index (χ0v) is 17.9. The van der Waals surface area contributed by atoms with Gasteiger partial charge in [0.15, 0.2) is 11.1 Å². The summed E-state index contributed by atoms with van der Waals surface area (Å²) in [6, 6.07) is 16.0. The molecule has 1 aliphatic rings. The third kappa shape index (κ3) is 3.75. The van der Waals surface area contributed by atoms with Gasteiger partial charge in [0.05, 0.1) is 22.0 Å². The topological polar surface area (TPSA) is 86.9 Å². The van der Waals surface area contributed by atoms with Crippen LogP contribution in [0, 0.1) is 24.2 Å². The molecule has 30 heavy (non-hydrogen) atoms. The van der Waals surface area contributed by atoms with Crippen molar-refractivity contribution in [3.63, 3.8) is 0 Å². The molecule has 2 heterocycles. The summed E-state index contributed by atoms with van der Waals surface area (Å²) in [5.74, 6) is 0.969. The van der Waals surface area contributed by atoms with E-state index in [9.17, 15) is 13.7 Å². The Hall–Kier alpha value is -2.98. The SMILES string of the molecule is Cc1cccc(S(=O)(=O)[C@H](C#N)c2nc3ccccc3nc2N2CCC[C@@H](C)C2)c1. The molecular formula is C23H24N4O2S. The normalized spacial score (nSPS) is 18.2. The Morgan fingerprint density at radius 1 is 1.13 bits per heavy atom. The average Bonchev–Trinajstić information content (AvgIpc) is 2.73. The van der Waals surface area contributed by atoms with E-state index in [0.717, 1.165) is 31.5 Å². The Bertz CT molecular complexity index is 1230. The lowest BCUT2D eigenvalue weighted by molar-refractivity contribution is 0.443. The van der Waals surface area contributed by atoms with Gasteiger partial charge in [-0.15, -0.1) is 0 Å². The molecule has 0 saturated carbocycles. The van der Waals surface area contributed by atoms with E-state index in [1.807, 2.05) is 37.3 Å². The van der Waals surface area contributed by atoms with Gasteiger partial charge in [-0.3, -0.25) is 0 Å². The van der Waals surface area contributed by atoms with Crippen molar-refractivity contribution in [1.29, 1.82) is 5.26 Å². The number of nitriles is 1. The van der Waals surface area contributed by atoms with Gasteiger partial charge >= 0.3 is 0 Å². The number of para-hydroxylation sites is 2. The van der Waals surface area contributed by atoms with Crippen LogP contribution in [0.5, 0.6) is 0 Å². The molecule has 0 aliphatic carbocycles. The molecule has 1 saturated heterocycles. The number of fused-ring (bicyclic) bond motifs is 1. The molecular weight excluding hydrogens is 396 g/mol. The minimum Gasteiger partial charge on any atom is -0.355 e. The number of rotatable bonds is 4. The van der Waals surface area contributed by atoms with Gasteiger partial charge in [-0.1, -0.05) is 31.2 Å². The lowest BCUT2D eigenvalue weighted by atomic mass is 10.00. The second-order valence-corrected chi connectivity index (χ2v) is 10.0. The number of anilines is 1. The number of hydrogen-bond donors (Lipinski definition) is 0. The quantitative estimate of drug-likeness (QED) is 0.628. The predicted molar refractivity (Wildman–Crippen MR) is 117 cm³/mol. The average molecular weight is 421 g/mol. The summed E-state index contributed by atoms with van der Waals surface area (Å²) in [6.45, 7) is 5.54. The molecule has 3 aromatic rings. The summed E-state index contributed by atoms with van der Waals surface area (Å²) in [5, 5.41) is 8.55. The maximum Gasteiger partial charge on any atom is 0.200 e. The highest BCUT2D eigenvalue weighted by Crippen LogP contribution is 2.35. The number of aromatic nitrogens is 2. The van der Waals surface area contributed by atoms with Gasteiger partial charge in [0.25, 0.3) is 0 Å². The number of piperidine rings is 1. The molecule has 7 heteroatoms. The molecule has 154 valence electrons. The van der Waals surface area contributed by atoms with Crippen LogP contribution in [0.2, 0.25) is 0 Å². The van der Waals surface area contributed by atoms with Crippen molar-refractivity contribution < 1.29 is 8.42 Å². The molecule has 0 spiro atoms. The zero-order chi connectivity index (χ0) is 21.3. The summed E-state index contributed by atoms with van der Waals surface area (Å²) >= 11 is 0. The smallest absolute Gasteiger partial charge is 0.200 e. The number of aryl methyl sites for hydroxylation is 1. The molecule has 0 amide bonds. The lowest BCUT2D eigenvalue weighted by Crippen LogP contribution is -2.36. The van der Waals surface area contributed by atoms with Crippen LogP contribution in [0.25, 0.3) is 11.0 Å². The third-order valence-electron chi connectivity index (χ3n) is 5.53. The summed E-state index contributed by atoms with van der Waals surface area (Å²) < 4.78 is 26.9. The van der Waals surface area contributed by atoms with Crippen LogP contribution >= 0.6 is 0 Å². The monoisotopic (exact) mass is 420 g/mol. The first-order valence-corrected chi connectivity index (χ1v) is 11.7. The van der Waals surface area contributed by atoms with Crippen molar-refractivity contribution in [3.05, 3.63) is 59.8 Å². The largest absolute Gasteiger partial charge is 0.355 e. The van der Waals surface area contributed by atoms with E-state index in [1.54, 1.807) is 18.2 Å². The molecule has 0 bridgehead atoms. The van der Waals surface area contributed by atoms with Crippen LogP contribution in [-0.4, -0.2) is 31.5 Å². The van der Waals surface area contributed by atoms with Crippen LogP contribution in [0.15, 0.2) is 53.4 Å². The van der Waals surface area contributed by atoms with Crippen LogP contribution in [-0.2, 0) is 9.84 Å². The van der Waals surface area contributed by atoms with E-state index < -0.39 is 15.1 Å². The van der Waals surface area contributed by atoms with Gasteiger partial charge in [-0.2, -0.15) is 5.26 Å². The number of benzene rings is 2. The van der Waals surface area contributed by atoms with Gasteiger partial charge < -0.3 is 4.90 Å². The predicted octanol–water partition coefficient (Wildman–Crippen LogP) is 4.21. The van der Waals surface area contributed by atoms with Crippen LogP contribution in [0.3, 0.4) is 0 Å². The Labute approximate surface area is 177 Å². The van der Waals surface area contributed by atoms with Gasteiger partial charge in [-0.25, -0.2) is 18.4 Å². The molecule has 2 atom stereocenters. The van der Waals surface area contributed by atoms with Crippen LogP contribution in [0.1, 0.15) is 36.3 Å². The number of nitrogens with zero attached hydrogens (tertiary/aromatic N) is 4. The second kappa shape index (κ2) is 8.04. The first-order chi connectivity index (χ1) is 14.4. The standard InChI is InChI=1S/C23H24N4O2S/c1-16-7-5-9-18(13-16)30(28,29)21(14-24)22-23(27-12-6-8-17(2)15-27)26-20-11-4-3-10-19(20)25-22/h3-5,7,9-11,13,17,21H,6,8,12,15H2,1-2H3/t17-,21-/m1/s1. The summed E-state index contributed by atoms with van der Waals surface area (Å²) in [7, 11) is -3.96. The highest BCUT2D eigenvalue weighted by molar-refractivity contribution is 7.92. The molecule has 0 radical (unpaired) electrons. The van der Waals surface area contributed by atoms with E-state index in [4.69, 9.17) is 4.98 Å². The molecule has 1 fully saturated rings. The Balaban J connectivity index is 1.91. The van der Waals surface area contributed by atoms with Crippen molar-refractivity contribution >= 4 is 26.7 Å². The van der Waals surface area contributed by atoms with Gasteiger partial charge in [0.2, 0.25) is 9.84 Å². The van der Waals surface area contributed by atoms with Crippen molar-refractivity contribution in [2.75, 3.05) is 18.0 Å². The van der Waals surface area contributed by atoms with E-state index in [2.05, 4.69) is 16.8 Å². The highest BCUT2D eigenvalue weighted by atomic mass is 32.2. The van der Waals surface area contributed by atoms with Crippen molar-refractivity contribution in [2.24, 2.45) is 5.92 Å². The molecule has 2 aromatic carbocycles. The zero-order valence-electron chi connectivity index (χ0n) is 17.1. The summed E-state index contributed by atoms with van der Waals surface area (Å²) in [6.07, 6.45) is 2.12. The molecule has 0 unspecified atom stereocenters. The molecule has 1 aliphatic heterocycles. The first kappa shape index (κ1) is 20.3. The fourth-order valence-corrected chi connectivity index (χ4v) is 5.48. The minimum absolute atomic E-state index is 0.127. The van der Waals surface area contributed by atoms with Gasteiger partial charge in [0.1, 0.15) is 5.69 Å². The van der Waals surface area contributed by atoms with Gasteiger partial charge in [0, 0.05) is 13.1 Å². The Morgan fingerprint density at radius 2 is 1.87 bits per heavy atom.